The van der Waals surface area contributed by atoms with Gasteiger partial charge in [0.2, 0.25) is 5.91 Å². The van der Waals surface area contributed by atoms with Crippen LogP contribution >= 0.6 is 0 Å². The van der Waals surface area contributed by atoms with Crippen molar-refractivity contribution in [2.75, 3.05) is 32.8 Å². The molecule has 5 nitrogen and oxygen atoms in total. The predicted molar refractivity (Wildman–Crippen MR) is 101 cm³/mol. The van der Waals surface area contributed by atoms with E-state index in [0.29, 0.717) is 6.54 Å². The van der Waals surface area contributed by atoms with Gasteiger partial charge in [-0.2, -0.15) is 0 Å². The van der Waals surface area contributed by atoms with Gasteiger partial charge >= 0.3 is 0 Å². The van der Waals surface area contributed by atoms with E-state index in [4.69, 9.17) is 9.15 Å². The highest BCUT2D eigenvalue weighted by molar-refractivity contribution is 5.78. The lowest BCUT2D eigenvalue weighted by atomic mass is 9.79. The molecule has 0 aromatic carbocycles. The molecular formula is C21H35N2O3+. The van der Waals surface area contributed by atoms with Crippen LogP contribution in [0.25, 0.3) is 0 Å². The van der Waals surface area contributed by atoms with Crippen molar-refractivity contribution in [3.63, 3.8) is 0 Å². The zero-order valence-electron chi connectivity index (χ0n) is 16.2. The average molecular weight is 364 g/mol. The Morgan fingerprint density at radius 1 is 1.27 bits per heavy atom. The van der Waals surface area contributed by atoms with Crippen molar-refractivity contribution in [3.8, 4) is 0 Å². The summed E-state index contributed by atoms with van der Waals surface area (Å²) < 4.78 is 11.2. The Labute approximate surface area is 157 Å². The third kappa shape index (κ3) is 5.34. The number of morpholine rings is 1. The van der Waals surface area contributed by atoms with Crippen LogP contribution < -0.4 is 10.2 Å². The van der Waals surface area contributed by atoms with Crippen molar-refractivity contribution >= 4 is 5.91 Å². The standard InChI is InChI=1S/C21H34N2O3/c1-2-3-5-17-7-9-18(10-8-17)21(24)22-16-19(20-6-4-13-26-20)23-11-14-25-15-12-23/h4,6,13,17-19H,2-3,5,7-12,14-16H2,1H3,(H,22,24)/p+1/t17?,18?,19-/m0/s1. The van der Waals surface area contributed by atoms with Gasteiger partial charge in [-0.1, -0.05) is 26.2 Å². The Morgan fingerprint density at radius 3 is 2.69 bits per heavy atom. The highest BCUT2D eigenvalue weighted by Crippen LogP contribution is 2.32. The number of nitrogens with one attached hydrogen (secondary N) is 2. The van der Waals surface area contributed by atoms with E-state index in [1.54, 1.807) is 6.26 Å². The lowest BCUT2D eigenvalue weighted by Gasteiger charge is -2.31. The summed E-state index contributed by atoms with van der Waals surface area (Å²) in [7, 11) is 0. The first-order valence-corrected chi connectivity index (χ1v) is 10.5. The Hall–Kier alpha value is -1.33. The van der Waals surface area contributed by atoms with Crippen LogP contribution in [0, 0.1) is 11.8 Å². The number of hydrogen-bond donors (Lipinski definition) is 2. The SMILES string of the molecule is CCCCC1CCC(C(=O)NC[C@@H](c2ccco2)[NH+]2CCOCC2)CC1. The van der Waals surface area contributed by atoms with Crippen molar-refractivity contribution in [3.05, 3.63) is 24.2 Å². The summed E-state index contributed by atoms with van der Waals surface area (Å²) in [5.74, 6) is 2.24. The number of carbonyl (C=O) groups is 1. The van der Waals surface area contributed by atoms with Crippen molar-refractivity contribution in [2.24, 2.45) is 11.8 Å². The van der Waals surface area contributed by atoms with Crippen LogP contribution in [0.15, 0.2) is 22.8 Å². The quantitative estimate of drug-likeness (QED) is 0.745. The second-order valence-corrected chi connectivity index (χ2v) is 7.94. The average Bonchev–Trinajstić information content (AvgIpc) is 3.22. The first kappa shape index (κ1) is 19.4. The van der Waals surface area contributed by atoms with E-state index < -0.39 is 0 Å². The van der Waals surface area contributed by atoms with E-state index in [9.17, 15) is 4.79 Å². The highest BCUT2D eigenvalue weighted by Gasteiger charge is 2.31. The zero-order chi connectivity index (χ0) is 18.2. The predicted octanol–water partition coefficient (Wildman–Crippen LogP) is 2.35. The first-order valence-electron chi connectivity index (χ1n) is 10.5. The molecule has 0 spiro atoms. The molecule has 1 saturated carbocycles. The molecule has 0 bridgehead atoms. The summed E-state index contributed by atoms with van der Waals surface area (Å²) in [6.45, 7) is 6.39. The van der Waals surface area contributed by atoms with Crippen LogP contribution in [-0.2, 0) is 9.53 Å². The second kappa shape index (κ2) is 10.1. The van der Waals surface area contributed by atoms with E-state index in [1.165, 1.54) is 37.0 Å². The van der Waals surface area contributed by atoms with Gasteiger partial charge < -0.3 is 19.4 Å². The van der Waals surface area contributed by atoms with Gasteiger partial charge in [0.05, 0.1) is 26.0 Å². The van der Waals surface area contributed by atoms with E-state index in [1.807, 2.05) is 12.1 Å². The van der Waals surface area contributed by atoms with E-state index in [0.717, 1.165) is 50.8 Å². The molecule has 1 saturated heterocycles. The van der Waals surface area contributed by atoms with Crippen LogP contribution in [0.1, 0.15) is 63.7 Å². The minimum absolute atomic E-state index is 0.179. The fourth-order valence-electron chi connectivity index (χ4n) is 4.47. The normalized spacial score (nSPS) is 25.7. The Bertz CT molecular complexity index is 517. The summed E-state index contributed by atoms with van der Waals surface area (Å²) in [6.07, 6.45) is 10.2. The molecule has 26 heavy (non-hydrogen) atoms. The molecule has 1 atom stereocenters. The molecule has 3 rings (SSSR count). The molecule has 1 aliphatic carbocycles. The summed E-state index contributed by atoms with van der Waals surface area (Å²) in [6, 6.07) is 4.14. The third-order valence-electron chi connectivity index (χ3n) is 6.18. The van der Waals surface area contributed by atoms with Gasteiger partial charge in [-0.25, -0.2) is 0 Å². The highest BCUT2D eigenvalue weighted by atomic mass is 16.5. The van der Waals surface area contributed by atoms with Crippen LogP contribution in [0.5, 0.6) is 0 Å². The summed E-state index contributed by atoms with van der Waals surface area (Å²) >= 11 is 0. The largest absolute Gasteiger partial charge is 0.463 e. The number of carbonyl (C=O) groups excluding carboxylic acids is 1. The molecule has 2 N–H and O–H groups in total. The van der Waals surface area contributed by atoms with Crippen LogP contribution in [0.4, 0.5) is 0 Å². The maximum atomic E-state index is 12.7. The molecule has 5 heteroatoms. The number of unbranched alkanes of at least 4 members (excludes halogenated alkanes) is 1. The molecule has 1 aliphatic heterocycles. The maximum Gasteiger partial charge on any atom is 0.223 e. The zero-order valence-corrected chi connectivity index (χ0v) is 16.2. The molecule has 2 heterocycles. The number of hydrogen-bond acceptors (Lipinski definition) is 3. The fraction of sp³-hybridized carbons (Fsp3) is 0.762. The molecule has 1 aromatic heterocycles. The molecule has 2 aliphatic rings. The molecular weight excluding hydrogens is 328 g/mol. The number of amides is 1. The van der Waals surface area contributed by atoms with Gasteiger partial charge in [-0.15, -0.1) is 0 Å². The summed E-state index contributed by atoms with van der Waals surface area (Å²) in [5, 5.41) is 3.24. The van der Waals surface area contributed by atoms with Crippen LogP contribution in [-0.4, -0.2) is 38.8 Å². The Morgan fingerprint density at radius 2 is 2.04 bits per heavy atom. The van der Waals surface area contributed by atoms with Crippen molar-refractivity contribution in [2.45, 2.75) is 57.9 Å². The number of ether oxygens (including phenoxy) is 1. The Balaban J connectivity index is 1.48. The molecule has 146 valence electrons. The lowest BCUT2D eigenvalue weighted by Crippen LogP contribution is -3.15. The first-order chi connectivity index (χ1) is 12.8. The maximum absolute atomic E-state index is 12.7. The lowest BCUT2D eigenvalue weighted by molar-refractivity contribution is -0.938. The smallest absolute Gasteiger partial charge is 0.223 e. The monoisotopic (exact) mass is 363 g/mol. The molecule has 0 unspecified atom stereocenters. The van der Waals surface area contributed by atoms with Gasteiger partial charge in [0.25, 0.3) is 0 Å². The molecule has 1 aromatic rings. The minimum Gasteiger partial charge on any atom is -0.463 e. The topological polar surface area (TPSA) is 55.9 Å². The van der Waals surface area contributed by atoms with Crippen molar-refractivity contribution in [1.82, 2.24) is 5.32 Å². The molecule has 2 fully saturated rings. The minimum atomic E-state index is 0.179. The van der Waals surface area contributed by atoms with E-state index in [-0.39, 0.29) is 17.9 Å². The molecule has 1 amide bonds. The van der Waals surface area contributed by atoms with Crippen molar-refractivity contribution in [1.29, 1.82) is 0 Å². The number of quaternary nitrogens is 1. The fourth-order valence-corrected chi connectivity index (χ4v) is 4.47. The van der Waals surface area contributed by atoms with Crippen LogP contribution in [0.3, 0.4) is 0 Å². The number of rotatable bonds is 8. The Kier molecular flexibility index (Phi) is 7.56. The second-order valence-electron chi connectivity index (χ2n) is 7.94. The third-order valence-corrected chi connectivity index (χ3v) is 6.18. The summed E-state index contributed by atoms with van der Waals surface area (Å²) in [4.78, 5) is 14.1. The van der Waals surface area contributed by atoms with E-state index >= 15 is 0 Å². The van der Waals surface area contributed by atoms with Gasteiger partial charge in [-0.05, 0) is 43.7 Å². The molecule has 0 radical (unpaired) electrons. The van der Waals surface area contributed by atoms with Gasteiger partial charge in [0, 0.05) is 5.92 Å². The van der Waals surface area contributed by atoms with Gasteiger partial charge in [0.15, 0.2) is 11.8 Å². The van der Waals surface area contributed by atoms with Gasteiger partial charge in [-0.3, -0.25) is 4.79 Å². The van der Waals surface area contributed by atoms with Crippen molar-refractivity contribution < 1.29 is 18.8 Å². The number of furan rings is 1. The van der Waals surface area contributed by atoms with Crippen LogP contribution in [0.2, 0.25) is 0 Å². The summed E-state index contributed by atoms with van der Waals surface area (Å²) in [5.41, 5.74) is 0. The van der Waals surface area contributed by atoms with Gasteiger partial charge in [0.1, 0.15) is 13.1 Å². The van der Waals surface area contributed by atoms with E-state index in [2.05, 4.69) is 12.2 Å².